The third kappa shape index (κ3) is 7.67. The lowest BCUT2D eigenvalue weighted by Crippen LogP contribution is -2.36. The van der Waals surface area contributed by atoms with Crippen LogP contribution in [0.2, 0.25) is 0 Å². The average molecular weight is 586 g/mol. The SMILES string of the molecule is COc1ccc2nccc(NC(=O)C3CCC(NCc4cc5c(cc4F)SCC(=O)N5)CC3)c2n1.O=C(O)C(=O)O. The summed E-state index contributed by atoms with van der Waals surface area (Å²) in [6.45, 7) is 0.373. The summed E-state index contributed by atoms with van der Waals surface area (Å²) < 4.78 is 19.7. The Balaban J connectivity index is 0.000000585. The highest BCUT2D eigenvalue weighted by Gasteiger charge is 2.27. The summed E-state index contributed by atoms with van der Waals surface area (Å²) in [5.74, 6) is -3.36. The van der Waals surface area contributed by atoms with Crippen molar-refractivity contribution < 1.29 is 38.5 Å². The van der Waals surface area contributed by atoms with Gasteiger partial charge in [0.2, 0.25) is 17.7 Å². The van der Waals surface area contributed by atoms with Crippen LogP contribution in [0.1, 0.15) is 31.2 Å². The molecule has 0 spiro atoms. The van der Waals surface area contributed by atoms with E-state index >= 15 is 0 Å². The van der Waals surface area contributed by atoms with Crippen LogP contribution in [0.15, 0.2) is 41.4 Å². The molecule has 41 heavy (non-hydrogen) atoms. The van der Waals surface area contributed by atoms with Crippen molar-refractivity contribution in [2.75, 3.05) is 23.5 Å². The lowest BCUT2D eigenvalue weighted by Gasteiger charge is -2.29. The monoisotopic (exact) mass is 585 g/mol. The van der Waals surface area contributed by atoms with Crippen LogP contribution in [0.4, 0.5) is 15.8 Å². The number of hydrogen-bond donors (Lipinski definition) is 5. The highest BCUT2D eigenvalue weighted by atomic mass is 32.2. The van der Waals surface area contributed by atoms with Gasteiger partial charge >= 0.3 is 11.9 Å². The van der Waals surface area contributed by atoms with E-state index in [4.69, 9.17) is 24.5 Å². The third-order valence-electron chi connectivity index (χ3n) is 6.67. The standard InChI is InChI=1S/C25H26FN5O3S.C2H2O4/c1-34-23-7-6-18-24(31-23)19(8-9-27-18)30-25(33)14-2-4-16(5-3-14)28-12-15-10-20-21(11-17(15)26)35-13-22(32)29-20;3-1(4)2(5)6/h6-11,14,16,28H,2-5,12-13H2,1H3,(H,29,32)(H,27,30,33);(H,3,4)(H,5,6). The summed E-state index contributed by atoms with van der Waals surface area (Å²) in [7, 11) is 1.55. The van der Waals surface area contributed by atoms with Crippen molar-refractivity contribution in [1.82, 2.24) is 15.3 Å². The first kappa shape index (κ1) is 29.7. The molecule has 2 amide bonds. The van der Waals surface area contributed by atoms with Gasteiger partial charge in [-0.1, -0.05) is 0 Å². The van der Waals surface area contributed by atoms with Crippen molar-refractivity contribution in [3.63, 3.8) is 0 Å². The van der Waals surface area contributed by atoms with Crippen LogP contribution in [0.25, 0.3) is 11.0 Å². The number of amides is 2. The molecule has 3 aromatic rings. The number of halogens is 1. The minimum absolute atomic E-state index is 0.0328. The zero-order valence-corrected chi connectivity index (χ0v) is 22.8. The highest BCUT2D eigenvalue weighted by molar-refractivity contribution is 8.00. The molecule has 1 aliphatic heterocycles. The second-order valence-corrected chi connectivity index (χ2v) is 10.4. The largest absolute Gasteiger partial charge is 0.481 e. The number of fused-ring (bicyclic) bond motifs is 2. The molecular weight excluding hydrogens is 557 g/mol. The Morgan fingerprint density at radius 1 is 1.12 bits per heavy atom. The van der Waals surface area contributed by atoms with Gasteiger partial charge in [0.1, 0.15) is 11.3 Å². The van der Waals surface area contributed by atoms with E-state index in [1.54, 1.807) is 31.5 Å². The number of benzene rings is 1. The second kappa shape index (κ2) is 13.4. The summed E-state index contributed by atoms with van der Waals surface area (Å²) in [5.41, 5.74) is 3.09. The van der Waals surface area contributed by atoms with E-state index in [9.17, 15) is 14.0 Å². The summed E-state index contributed by atoms with van der Waals surface area (Å²) in [5, 5.41) is 24.0. The van der Waals surface area contributed by atoms with E-state index in [1.165, 1.54) is 17.8 Å². The van der Waals surface area contributed by atoms with Crippen LogP contribution in [0.5, 0.6) is 5.88 Å². The number of nitrogens with one attached hydrogen (secondary N) is 3. The number of carboxylic acids is 2. The molecule has 1 fully saturated rings. The number of hydrogen-bond acceptors (Lipinski definition) is 9. The summed E-state index contributed by atoms with van der Waals surface area (Å²) in [4.78, 5) is 52.3. The molecule has 1 saturated carbocycles. The van der Waals surface area contributed by atoms with Crippen LogP contribution in [0.3, 0.4) is 0 Å². The number of aromatic nitrogens is 2. The number of carbonyl (C=O) groups is 4. The first-order chi connectivity index (χ1) is 19.6. The Morgan fingerprint density at radius 2 is 1.85 bits per heavy atom. The topological polar surface area (TPSA) is 180 Å². The number of aliphatic carboxylic acids is 2. The molecule has 0 radical (unpaired) electrons. The smallest absolute Gasteiger partial charge is 0.414 e. The van der Waals surface area contributed by atoms with Crippen molar-refractivity contribution in [1.29, 1.82) is 0 Å². The number of nitrogens with zero attached hydrogens (tertiary/aromatic N) is 2. The van der Waals surface area contributed by atoms with Crippen molar-refractivity contribution >= 4 is 57.9 Å². The Bertz CT molecular complexity index is 1470. The van der Waals surface area contributed by atoms with Crippen LogP contribution < -0.4 is 20.7 Å². The zero-order chi connectivity index (χ0) is 29.5. The molecule has 1 aliphatic carbocycles. The number of pyridine rings is 2. The van der Waals surface area contributed by atoms with Crippen LogP contribution >= 0.6 is 11.8 Å². The van der Waals surface area contributed by atoms with Gasteiger partial charge in [-0.2, -0.15) is 0 Å². The number of rotatable bonds is 6. The van der Waals surface area contributed by atoms with Crippen LogP contribution in [0, 0.1) is 11.7 Å². The number of anilines is 2. The molecule has 0 bridgehead atoms. The molecule has 2 aliphatic rings. The molecule has 5 rings (SSSR count). The maximum absolute atomic E-state index is 14.5. The van der Waals surface area contributed by atoms with Crippen molar-refractivity contribution in [3.8, 4) is 5.88 Å². The molecule has 2 aromatic heterocycles. The van der Waals surface area contributed by atoms with Gasteiger partial charge in [-0.05, 0) is 49.9 Å². The maximum Gasteiger partial charge on any atom is 0.414 e. The summed E-state index contributed by atoms with van der Waals surface area (Å²) in [6.07, 6.45) is 4.77. The van der Waals surface area contributed by atoms with Gasteiger partial charge in [0, 0.05) is 41.2 Å². The molecule has 12 nitrogen and oxygen atoms in total. The first-order valence-corrected chi connectivity index (χ1v) is 13.7. The summed E-state index contributed by atoms with van der Waals surface area (Å²) >= 11 is 1.35. The molecule has 5 N–H and O–H groups in total. The Hall–Kier alpha value is -4.30. The Morgan fingerprint density at radius 3 is 2.54 bits per heavy atom. The number of carboxylic acid groups (broad SMARTS) is 2. The molecule has 1 aromatic carbocycles. The van der Waals surface area contributed by atoms with Gasteiger partial charge < -0.3 is 30.9 Å². The van der Waals surface area contributed by atoms with Gasteiger partial charge in [0.05, 0.1) is 29.8 Å². The van der Waals surface area contributed by atoms with Gasteiger partial charge in [0.25, 0.3) is 0 Å². The van der Waals surface area contributed by atoms with Crippen molar-refractivity contribution in [2.24, 2.45) is 5.92 Å². The first-order valence-electron chi connectivity index (χ1n) is 12.7. The average Bonchev–Trinajstić information content (AvgIpc) is 2.96. The predicted molar refractivity (Wildman–Crippen MR) is 148 cm³/mol. The van der Waals surface area contributed by atoms with Crippen LogP contribution in [-0.2, 0) is 25.7 Å². The Kier molecular flexibility index (Phi) is 9.68. The van der Waals surface area contributed by atoms with E-state index in [-0.39, 0.29) is 29.6 Å². The van der Waals surface area contributed by atoms with Crippen molar-refractivity contribution in [3.05, 3.63) is 47.9 Å². The number of ether oxygens (including phenoxy) is 1. The van der Waals surface area contributed by atoms with Gasteiger partial charge in [-0.25, -0.2) is 19.0 Å². The fourth-order valence-corrected chi connectivity index (χ4v) is 5.36. The lowest BCUT2D eigenvalue weighted by atomic mass is 9.85. The van der Waals surface area contributed by atoms with Crippen molar-refractivity contribution in [2.45, 2.75) is 43.2 Å². The fraction of sp³-hybridized carbons (Fsp3) is 0.333. The van der Waals surface area contributed by atoms with E-state index in [2.05, 4.69) is 25.9 Å². The zero-order valence-electron chi connectivity index (χ0n) is 22.0. The fourth-order valence-electron chi connectivity index (χ4n) is 4.55. The molecule has 14 heteroatoms. The maximum atomic E-state index is 14.5. The molecule has 0 saturated heterocycles. The molecule has 0 unspecified atom stereocenters. The van der Waals surface area contributed by atoms with E-state index < -0.39 is 11.9 Å². The normalized spacial score (nSPS) is 17.9. The molecule has 216 valence electrons. The third-order valence-corrected chi connectivity index (χ3v) is 7.72. The molecule has 0 atom stereocenters. The lowest BCUT2D eigenvalue weighted by molar-refractivity contribution is -0.159. The highest BCUT2D eigenvalue weighted by Crippen LogP contribution is 2.34. The van der Waals surface area contributed by atoms with Gasteiger partial charge in [-0.3, -0.25) is 14.6 Å². The van der Waals surface area contributed by atoms with Gasteiger partial charge in [-0.15, -0.1) is 11.8 Å². The van der Waals surface area contributed by atoms with E-state index in [0.717, 1.165) is 30.6 Å². The quantitative estimate of drug-likeness (QED) is 0.268. The van der Waals surface area contributed by atoms with Crippen LogP contribution in [-0.4, -0.2) is 62.8 Å². The minimum atomic E-state index is -1.82. The summed E-state index contributed by atoms with van der Waals surface area (Å²) in [6, 6.07) is 8.69. The predicted octanol–water partition coefficient (Wildman–Crippen LogP) is 3.26. The second-order valence-electron chi connectivity index (χ2n) is 9.39. The number of carbonyl (C=O) groups excluding carboxylic acids is 2. The van der Waals surface area contributed by atoms with E-state index in [0.29, 0.717) is 46.1 Å². The van der Waals surface area contributed by atoms with Gasteiger partial charge in [0.15, 0.2) is 0 Å². The Labute approximate surface area is 238 Å². The molecule has 3 heterocycles. The molecular formula is C27H28FN5O7S. The number of methoxy groups -OCH3 is 1. The number of thioether (sulfide) groups is 1. The minimum Gasteiger partial charge on any atom is -0.481 e. The van der Waals surface area contributed by atoms with E-state index in [1.807, 2.05) is 6.07 Å².